The van der Waals surface area contributed by atoms with Crippen LogP contribution in [0.4, 0.5) is 11.4 Å². The van der Waals surface area contributed by atoms with Crippen molar-refractivity contribution < 1.29 is 0 Å². The highest BCUT2D eigenvalue weighted by Crippen LogP contribution is 2.26. The van der Waals surface area contributed by atoms with Gasteiger partial charge in [-0.1, -0.05) is 22.0 Å². The van der Waals surface area contributed by atoms with Crippen molar-refractivity contribution in [2.45, 2.75) is 6.92 Å². The van der Waals surface area contributed by atoms with Gasteiger partial charge in [-0.15, -0.1) is 0 Å². The molecule has 0 spiro atoms. The molecule has 0 aliphatic rings. The molecule has 0 heterocycles. The summed E-state index contributed by atoms with van der Waals surface area (Å²) in [7, 11) is 0. The van der Waals surface area contributed by atoms with Gasteiger partial charge in [-0.3, -0.25) is 0 Å². The second-order valence-corrected chi connectivity index (χ2v) is 4.98. The van der Waals surface area contributed by atoms with Gasteiger partial charge in [0, 0.05) is 10.2 Å². The summed E-state index contributed by atoms with van der Waals surface area (Å²) < 4.78 is 0.858. The Morgan fingerprint density at radius 1 is 1.00 bits per heavy atom. The molecule has 2 aromatic carbocycles. The third kappa shape index (κ3) is 2.93. The molecule has 0 aromatic heterocycles. The van der Waals surface area contributed by atoms with Gasteiger partial charge in [0.05, 0.1) is 22.9 Å². The van der Waals surface area contributed by atoms with Crippen molar-refractivity contribution in [2.75, 3.05) is 5.32 Å². The molecule has 0 radical (unpaired) electrons. The lowest BCUT2D eigenvalue weighted by atomic mass is 10.1. The fourth-order valence-electron chi connectivity index (χ4n) is 1.69. The summed E-state index contributed by atoms with van der Waals surface area (Å²) in [6, 6.07) is 15.1. The number of anilines is 2. The van der Waals surface area contributed by atoms with Crippen LogP contribution in [0.5, 0.6) is 0 Å². The predicted octanol–water partition coefficient (Wildman–Crippen LogP) is 4.24. The molecule has 4 heteroatoms. The smallest absolute Gasteiger partial charge is 0.101 e. The van der Waals surface area contributed by atoms with Crippen LogP contribution in [0, 0.1) is 29.6 Å². The average molecular weight is 312 g/mol. The van der Waals surface area contributed by atoms with Crippen LogP contribution < -0.4 is 5.32 Å². The number of hydrogen-bond acceptors (Lipinski definition) is 3. The summed E-state index contributed by atoms with van der Waals surface area (Å²) in [4.78, 5) is 0. The van der Waals surface area contributed by atoms with Crippen LogP contribution in [-0.2, 0) is 0 Å². The van der Waals surface area contributed by atoms with Gasteiger partial charge in [-0.25, -0.2) is 0 Å². The van der Waals surface area contributed by atoms with Crippen molar-refractivity contribution in [2.24, 2.45) is 0 Å². The van der Waals surface area contributed by atoms with Crippen LogP contribution >= 0.6 is 15.9 Å². The van der Waals surface area contributed by atoms with E-state index in [0.29, 0.717) is 11.1 Å². The maximum atomic E-state index is 9.13. The zero-order valence-electron chi connectivity index (χ0n) is 10.2. The molecular formula is C15H10BrN3. The number of nitrogens with one attached hydrogen (secondary N) is 1. The molecule has 0 unspecified atom stereocenters. The molecular weight excluding hydrogens is 302 g/mol. The number of hydrogen-bond donors (Lipinski definition) is 1. The van der Waals surface area contributed by atoms with E-state index in [-0.39, 0.29) is 0 Å². The van der Waals surface area contributed by atoms with E-state index in [1.165, 1.54) is 0 Å². The first kappa shape index (κ1) is 13.1. The fraction of sp³-hybridized carbons (Fsp3) is 0.0667. The van der Waals surface area contributed by atoms with Gasteiger partial charge in [0.1, 0.15) is 6.07 Å². The lowest BCUT2D eigenvalue weighted by Crippen LogP contribution is -1.96. The Morgan fingerprint density at radius 2 is 1.79 bits per heavy atom. The van der Waals surface area contributed by atoms with Crippen LogP contribution in [0.3, 0.4) is 0 Å². The summed E-state index contributed by atoms with van der Waals surface area (Å²) in [5, 5.41) is 21.2. The van der Waals surface area contributed by atoms with E-state index in [2.05, 4.69) is 33.4 Å². The fourth-order valence-corrected chi connectivity index (χ4v) is 2.05. The summed E-state index contributed by atoms with van der Waals surface area (Å²) >= 11 is 3.34. The summed E-state index contributed by atoms with van der Waals surface area (Å²) in [5.41, 5.74) is 3.72. The van der Waals surface area contributed by atoms with E-state index in [0.717, 1.165) is 21.4 Å². The monoisotopic (exact) mass is 311 g/mol. The zero-order valence-corrected chi connectivity index (χ0v) is 11.8. The van der Waals surface area contributed by atoms with Gasteiger partial charge >= 0.3 is 0 Å². The molecule has 3 nitrogen and oxygen atoms in total. The Bertz CT molecular complexity index is 708. The molecule has 0 aliphatic heterocycles. The third-order valence-electron chi connectivity index (χ3n) is 2.74. The number of nitriles is 2. The molecule has 92 valence electrons. The number of aryl methyl sites for hydroxylation is 1. The molecule has 0 saturated carbocycles. The minimum absolute atomic E-state index is 0.552. The third-order valence-corrected chi connectivity index (χ3v) is 3.23. The van der Waals surface area contributed by atoms with Crippen LogP contribution in [0.1, 0.15) is 16.7 Å². The van der Waals surface area contributed by atoms with Crippen LogP contribution in [0.2, 0.25) is 0 Å². The van der Waals surface area contributed by atoms with Crippen molar-refractivity contribution in [3.8, 4) is 12.1 Å². The first-order chi connectivity index (χ1) is 9.13. The Hall–Kier alpha value is -2.30. The Morgan fingerprint density at radius 3 is 2.47 bits per heavy atom. The Labute approximate surface area is 120 Å². The van der Waals surface area contributed by atoms with Gasteiger partial charge < -0.3 is 5.32 Å². The molecule has 2 rings (SSSR count). The summed E-state index contributed by atoms with van der Waals surface area (Å²) in [6.45, 7) is 1.95. The van der Waals surface area contributed by atoms with Gasteiger partial charge in [-0.05, 0) is 42.8 Å². The molecule has 1 N–H and O–H groups in total. The number of rotatable bonds is 2. The zero-order chi connectivity index (χ0) is 13.8. The van der Waals surface area contributed by atoms with E-state index in [4.69, 9.17) is 10.5 Å². The molecule has 0 aliphatic carbocycles. The van der Waals surface area contributed by atoms with E-state index < -0.39 is 0 Å². The van der Waals surface area contributed by atoms with Crippen molar-refractivity contribution in [1.82, 2.24) is 0 Å². The van der Waals surface area contributed by atoms with Crippen molar-refractivity contribution >= 4 is 27.3 Å². The SMILES string of the molecule is Cc1ccc(C#N)cc1Nc1ccc(Br)cc1C#N. The highest BCUT2D eigenvalue weighted by molar-refractivity contribution is 9.10. The Balaban J connectivity index is 2.42. The largest absolute Gasteiger partial charge is 0.354 e. The van der Waals surface area contributed by atoms with E-state index in [9.17, 15) is 0 Å². The summed E-state index contributed by atoms with van der Waals surface area (Å²) in [5.74, 6) is 0. The maximum absolute atomic E-state index is 9.13. The number of halogens is 1. The molecule has 0 fully saturated rings. The predicted molar refractivity (Wildman–Crippen MR) is 78.0 cm³/mol. The molecule has 2 aromatic rings. The van der Waals surface area contributed by atoms with Gasteiger partial charge in [0.25, 0.3) is 0 Å². The maximum Gasteiger partial charge on any atom is 0.101 e. The van der Waals surface area contributed by atoms with E-state index >= 15 is 0 Å². The molecule has 0 saturated heterocycles. The minimum atomic E-state index is 0.552. The summed E-state index contributed by atoms with van der Waals surface area (Å²) in [6.07, 6.45) is 0. The van der Waals surface area contributed by atoms with Gasteiger partial charge in [-0.2, -0.15) is 10.5 Å². The highest BCUT2D eigenvalue weighted by Gasteiger charge is 2.06. The number of nitrogens with zero attached hydrogens (tertiary/aromatic N) is 2. The van der Waals surface area contributed by atoms with E-state index in [1.807, 2.05) is 25.1 Å². The Kier molecular flexibility index (Phi) is 3.85. The van der Waals surface area contributed by atoms with E-state index in [1.54, 1.807) is 18.2 Å². The normalized spacial score (nSPS) is 9.47. The van der Waals surface area contributed by atoms with Crippen LogP contribution in [0.25, 0.3) is 0 Å². The molecule has 0 amide bonds. The van der Waals surface area contributed by atoms with Crippen molar-refractivity contribution in [1.29, 1.82) is 10.5 Å². The second-order valence-electron chi connectivity index (χ2n) is 4.07. The lowest BCUT2D eigenvalue weighted by Gasteiger charge is -2.11. The molecule has 19 heavy (non-hydrogen) atoms. The standard InChI is InChI=1S/C15H10BrN3/c1-10-2-3-11(8-17)6-15(10)19-14-5-4-13(16)7-12(14)9-18/h2-7,19H,1H3. The first-order valence-corrected chi connectivity index (χ1v) is 6.41. The second kappa shape index (κ2) is 5.56. The van der Waals surface area contributed by atoms with Crippen LogP contribution in [-0.4, -0.2) is 0 Å². The highest BCUT2D eigenvalue weighted by atomic mass is 79.9. The van der Waals surface area contributed by atoms with Crippen LogP contribution in [0.15, 0.2) is 40.9 Å². The molecule has 0 atom stereocenters. The van der Waals surface area contributed by atoms with Gasteiger partial charge in [0.2, 0.25) is 0 Å². The van der Waals surface area contributed by atoms with Gasteiger partial charge in [0.15, 0.2) is 0 Å². The molecule has 0 bridgehead atoms. The number of benzene rings is 2. The lowest BCUT2D eigenvalue weighted by molar-refractivity contribution is 1.39. The minimum Gasteiger partial charge on any atom is -0.354 e. The van der Waals surface area contributed by atoms with Crippen molar-refractivity contribution in [3.05, 3.63) is 57.6 Å². The topological polar surface area (TPSA) is 59.6 Å². The average Bonchev–Trinajstić information content (AvgIpc) is 2.43. The first-order valence-electron chi connectivity index (χ1n) is 5.61. The quantitative estimate of drug-likeness (QED) is 0.902. The van der Waals surface area contributed by atoms with Crippen molar-refractivity contribution in [3.63, 3.8) is 0 Å².